The second-order valence-corrected chi connectivity index (χ2v) is 9.92. The van der Waals surface area contributed by atoms with E-state index in [1.54, 1.807) is 17.6 Å². The number of pyridine rings is 1. The second kappa shape index (κ2) is 8.44. The first-order valence-electron chi connectivity index (χ1n) is 11.5. The van der Waals surface area contributed by atoms with E-state index in [4.69, 9.17) is 5.21 Å². The lowest BCUT2D eigenvalue weighted by atomic mass is 10.1. The smallest absolute Gasteiger partial charge is 0.274 e. The molecule has 4 heterocycles. The number of aliphatic hydroxyl groups is 1. The van der Waals surface area contributed by atoms with E-state index in [1.807, 2.05) is 32.2 Å². The van der Waals surface area contributed by atoms with Gasteiger partial charge in [-0.2, -0.15) is 0 Å². The number of hydrogen-bond donors (Lipinski definition) is 3. The van der Waals surface area contributed by atoms with Crippen molar-refractivity contribution in [1.29, 1.82) is 0 Å². The Bertz CT molecular complexity index is 1140. The molecular formula is C25H31N5O3. The summed E-state index contributed by atoms with van der Waals surface area (Å²) in [6, 6.07) is 12.4. The summed E-state index contributed by atoms with van der Waals surface area (Å²) in [6.07, 6.45) is 6.30. The Balaban J connectivity index is 1.36. The van der Waals surface area contributed by atoms with Crippen molar-refractivity contribution in [2.24, 2.45) is 0 Å². The third kappa shape index (κ3) is 4.34. The molecule has 0 radical (unpaired) electrons. The molecule has 33 heavy (non-hydrogen) atoms. The first-order valence-corrected chi connectivity index (χ1v) is 11.5. The number of aromatic nitrogens is 2. The molecule has 2 aliphatic rings. The summed E-state index contributed by atoms with van der Waals surface area (Å²) in [5, 5.41) is 20.3. The van der Waals surface area contributed by atoms with Gasteiger partial charge >= 0.3 is 0 Å². The van der Waals surface area contributed by atoms with E-state index >= 15 is 0 Å². The largest absolute Gasteiger partial charge is 0.389 e. The Hall–Kier alpha value is -2.94. The predicted octanol–water partition coefficient (Wildman–Crippen LogP) is 2.63. The Morgan fingerprint density at radius 1 is 1.12 bits per heavy atom. The minimum Gasteiger partial charge on any atom is -0.389 e. The minimum absolute atomic E-state index is 0.414. The van der Waals surface area contributed by atoms with Crippen LogP contribution in [0.5, 0.6) is 0 Å². The fourth-order valence-corrected chi connectivity index (χ4v) is 5.39. The van der Waals surface area contributed by atoms with Crippen LogP contribution in [0.15, 0.2) is 48.8 Å². The molecule has 174 valence electrons. The molecule has 2 saturated heterocycles. The lowest BCUT2D eigenvalue weighted by Crippen LogP contribution is -2.57. The summed E-state index contributed by atoms with van der Waals surface area (Å²) in [7, 11) is 0. The van der Waals surface area contributed by atoms with Gasteiger partial charge in [0.25, 0.3) is 5.91 Å². The van der Waals surface area contributed by atoms with Gasteiger partial charge in [0.05, 0.1) is 5.60 Å². The number of nitrogens with zero attached hydrogens (tertiary/aromatic N) is 4. The van der Waals surface area contributed by atoms with E-state index in [1.165, 1.54) is 18.5 Å². The molecule has 3 N–H and O–H groups in total. The third-order valence-electron chi connectivity index (χ3n) is 6.85. The summed E-state index contributed by atoms with van der Waals surface area (Å²) in [4.78, 5) is 21.2. The van der Waals surface area contributed by atoms with Crippen LogP contribution in [-0.4, -0.2) is 68.0 Å². The molecule has 2 aliphatic heterocycles. The van der Waals surface area contributed by atoms with Crippen LogP contribution in [0.25, 0.3) is 11.0 Å². The first-order chi connectivity index (χ1) is 15.8. The van der Waals surface area contributed by atoms with Gasteiger partial charge in [-0.1, -0.05) is 12.1 Å². The molecule has 1 amide bonds. The second-order valence-electron chi connectivity index (χ2n) is 9.92. The summed E-state index contributed by atoms with van der Waals surface area (Å²) < 4.78 is 2.12. The average molecular weight is 450 g/mol. The molecule has 2 bridgehead atoms. The van der Waals surface area contributed by atoms with E-state index in [9.17, 15) is 9.90 Å². The van der Waals surface area contributed by atoms with Gasteiger partial charge in [0.1, 0.15) is 5.65 Å². The first kappa shape index (κ1) is 21.9. The number of hydroxylamine groups is 1. The number of benzene rings is 1. The summed E-state index contributed by atoms with van der Waals surface area (Å²) >= 11 is 0. The highest BCUT2D eigenvalue weighted by Gasteiger charge is 2.41. The van der Waals surface area contributed by atoms with Crippen molar-refractivity contribution in [3.63, 3.8) is 0 Å². The Morgan fingerprint density at radius 3 is 2.45 bits per heavy atom. The molecule has 5 rings (SSSR count). The summed E-state index contributed by atoms with van der Waals surface area (Å²) in [5.74, 6) is -0.518. The number of fused-ring (bicyclic) bond motifs is 3. The van der Waals surface area contributed by atoms with Gasteiger partial charge in [0.2, 0.25) is 0 Å². The molecular weight excluding hydrogens is 418 g/mol. The molecule has 0 aliphatic carbocycles. The maximum atomic E-state index is 11.5. The van der Waals surface area contributed by atoms with E-state index in [-0.39, 0.29) is 0 Å². The summed E-state index contributed by atoms with van der Waals surface area (Å²) in [5.41, 5.74) is 4.60. The van der Waals surface area contributed by atoms with Crippen LogP contribution in [0.2, 0.25) is 0 Å². The molecule has 0 saturated carbocycles. The van der Waals surface area contributed by atoms with Crippen molar-refractivity contribution in [3.8, 4) is 0 Å². The van der Waals surface area contributed by atoms with Crippen LogP contribution >= 0.6 is 0 Å². The third-order valence-corrected chi connectivity index (χ3v) is 6.85. The number of nitrogens with one attached hydrogen (secondary N) is 1. The normalized spacial score (nSPS) is 21.0. The van der Waals surface area contributed by atoms with Gasteiger partial charge in [-0.3, -0.25) is 14.9 Å². The maximum Gasteiger partial charge on any atom is 0.274 e. The minimum atomic E-state index is -0.676. The lowest BCUT2D eigenvalue weighted by Gasteiger charge is -2.44. The van der Waals surface area contributed by atoms with Crippen molar-refractivity contribution in [2.75, 3.05) is 24.5 Å². The highest BCUT2D eigenvalue weighted by Crippen LogP contribution is 2.36. The quantitative estimate of drug-likeness (QED) is 0.396. The number of carbonyl (C=O) groups excluding carboxylic acids is 1. The monoisotopic (exact) mass is 449 g/mol. The zero-order chi connectivity index (χ0) is 23.2. The van der Waals surface area contributed by atoms with Gasteiger partial charge < -0.3 is 14.6 Å². The van der Waals surface area contributed by atoms with E-state index in [0.717, 1.165) is 36.2 Å². The number of rotatable bonds is 6. The molecule has 2 aromatic heterocycles. The van der Waals surface area contributed by atoms with Gasteiger partial charge in [0, 0.05) is 67.3 Å². The number of piperazine rings is 1. The zero-order valence-electron chi connectivity index (χ0n) is 19.1. The highest BCUT2D eigenvalue weighted by molar-refractivity contribution is 5.93. The number of hydrogen-bond acceptors (Lipinski definition) is 6. The Morgan fingerprint density at radius 2 is 1.82 bits per heavy atom. The molecule has 2 fully saturated rings. The van der Waals surface area contributed by atoms with Crippen molar-refractivity contribution < 1.29 is 15.1 Å². The van der Waals surface area contributed by atoms with Gasteiger partial charge in [0.15, 0.2) is 0 Å². The van der Waals surface area contributed by atoms with E-state index < -0.39 is 11.5 Å². The number of carbonyl (C=O) groups is 1. The van der Waals surface area contributed by atoms with Crippen LogP contribution in [0.3, 0.4) is 0 Å². The van der Waals surface area contributed by atoms with Crippen LogP contribution < -0.4 is 10.4 Å². The average Bonchev–Trinajstić information content (AvgIpc) is 3.28. The van der Waals surface area contributed by atoms with Crippen molar-refractivity contribution in [2.45, 2.75) is 50.9 Å². The zero-order valence-corrected chi connectivity index (χ0v) is 19.1. The molecule has 1 aromatic carbocycles. The maximum absolute atomic E-state index is 11.5. The van der Waals surface area contributed by atoms with E-state index in [0.29, 0.717) is 24.2 Å². The van der Waals surface area contributed by atoms with Crippen molar-refractivity contribution in [3.05, 3.63) is 59.9 Å². The molecule has 0 spiro atoms. The fraction of sp³-hybridized carbons (Fsp3) is 0.440. The molecule has 2 atom stereocenters. The molecule has 2 unspecified atom stereocenters. The standard InChI is InChI=1S/C25H31N5O3/c1-25(2,32)16-30-19-7-8-20(30)15-29(14-19)22-9-11-26-23-21(22)10-12-28(23)13-17-3-5-18(6-4-17)24(31)27-33/h3-6,9-12,19-20,32-33H,7-8,13-16H2,1-2H3,(H,27,31). The van der Waals surface area contributed by atoms with E-state index in [2.05, 4.69) is 37.7 Å². The number of anilines is 1. The topological polar surface area (TPSA) is 93.9 Å². The van der Waals surface area contributed by atoms with Crippen molar-refractivity contribution >= 4 is 22.6 Å². The van der Waals surface area contributed by atoms with Crippen LogP contribution in [0, 0.1) is 0 Å². The van der Waals surface area contributed by atoms with Gasteiger partial charge in [-0.05, 0) is 56.5 Å². The summed E-state index contributed by atoms with van der Waals surface area (Å²) in [6.45, 7) is 7.07. The SMILES string of the molecule is CC(C)(O)CN1C2CCC1CN(c1ccnc3c1ccn3Cc1ccc(C(=O)NO)cc1)C2. The Labute approximate surface area is 193 Å². The molecule has 3 aromatic rings. The van der Waals surface area contributed by atoms with Crippen LogP contribution in [0.1, 0.15) is 42.6 Å². The van der Waals surface area contributed by atoms with Gasteiger partial charge in [-0.15, -0.1) is 0 Å². The molecule has 8 heteroatoms. The fourth-order valence-electron chi connectivity index (χ4n) is 5.39. The van der Waals surface area contributed by atoms with Crippen LogP contribution in [-0.2, 0) is 6.54 Å². The lowest BCUT2D eigenvalue weighted by molar-refractivity contribution is 0.0139. The van der Waals surface area contributed by atoms with Gasteiger partial charge in [-0.25, -0.2) is 10.5 Å². The number of amides is 1. The predicted molar refractivity (Wildman–Crippen MR) is 127 cm³/mol. The van der Waals surface area contributed by atoms with Crippen LogP contribution in [0.4, 0.5) is 5.69 Å². The Kier molecular flexibility index (Phi) is 5.60. The van der Waals surface area contributed by atoms with Crippen molar-refractivity contribution in [1.82, 2.24) is 19.9 Å². The highest BCUT2D eigenvalue weighted by atomic mass is 16.5. The molecule has 8 nitrogen and oxygen atoms in total.